The Hall–Kier alpha value is -1.75. The molecule has 0 amide bonds. The van der Waals surface area contributed by atoms with Crippen LogP contribution >= 0.6 is 0 Å². The molecule has 24 heavy (non-hydrogen) atoms. The number of aromatic nitrogens is 4. The van der Waals surface area contributed by atoms with Gasteiger partial charge in [-0.2, -0.15) is 5.10 Å². The highest BCUT2D eigenvalue weighted by Gasteiger charge is 2.21. The smallest absolute Gasteiger partial charge is 0.116 e. The van der Waals surface area contributed by atoms with Crippen molar-refractivity contribution in [1.82, 2.24) is 24.6 Å². The fourth-order valence-corrected chi connectivity index (χ4v) is 3.56. The molecule has 1 fully saturated rings. The lowest BCUT2D eigenvalue weighted by atomic mass is 9.91. The summed E-state index contributed by atoms with van der Waals surface area (Å²) in [7, 11) is 0. The maximum atomic E-state index is 4.52. The van der Waals surface area contributed by atoms with Crippen molar-refractivity contribution >= 4 is 0 Å². The molecule has 1 aliphatic heterocycles. The van der Waals surface area contributed by atoms with Crippen LogP contribution in [0.25, 0.3) is 11.4 Å². The van der Waals surface area contributed by atoms with E-state index >= 15 is 0 Å². The van der Waals surface area contributed by atoms with Crippen LogP contribution in [0.15, 0.2) is 24.7 Å². The summed E-state index contributed by atoms with van der Waals surface area (Å²) < 4.78 is 2.03. The molecule has 2 aromatic rings. The molecule has 1 saturated heterocycles. The number of hydrogen-bond donors (Lipinski definition) is 0. The Morgan fingerprint density at radius 1 is 1.21 bits per heavy atom. The van der Waals surface area contributed by atoms with Gasteiger partial charge >= 0.3 is 0 Å². The first-order valence-electron chi connectivity index (χ1n) is 9.24. The van der Waals surface area contributed by atoms with Crippen LogP contribution in [0.4, 0.5) is 0 Å². The second-order valence-electron chi connectivity index (χ2n) is 7.11. The van der Waals surface area contributed by atoms with Crippen molar-refractivity contribution in [1.29, 1.82) is 0 Å². The van der Waals surface area contributed by atoms with Gasteiger partial charge in [0.25, 0.3) is 0 Å². The molecular formula is C19H29N5. The van der Waals surface area contributed by atoms with Gasteiger partial charge in [-0.15, -0.1) is 0 Å². The Balaban J connectivity index is 1.67. The van der Waals surface area contributed by atoms with E-state index in [1.165, 1.54) is 25.9 Å². The van der Waals surface area contributed by atoms with E-state index in [-0.39, 0.29) is 0 Å². The normalized spacial score (nSPS) is 16.8. The van der Waals surface area contributed by atoms with Gasteiger partial charge in [0, 0.05) is 24.5 Å². The van der Waals surface area contributed by atoms with E-state index in [1.54, 1.807) is 6.33 Å². The van der Waals surface area contributed by atoms with E-state index in [1.807, 2.05) is 16.9 Å². The summed E-state index contributed by atoms with van der Waals surface area (Å²) in [5.41, 5.74) is 3.24. The highest BCUT2D eigenvalue weighted by atomic mass is 15.3. The lowest BCUT2D eigenvalue weighted by molar-refractivity contribution is 0.149. The van der Waals surface area contributed by atoms with Crippen LogP contribution in [0, 0.1) is 5.92 Å². The maximum absolute atomic E-state index is 4.52. The Bertz CT molecular complexity index is 641. The molecule has 0 spiro atoms. The molecule has 1 aliphatic rings. The molecular weight excluding hydrogens is 298 g/mol. The summed E-state index contributed by atoms with van der Waals surface area (Å²) in [4.78, 5) is 11.6. The van der Waals surface area contributed by atoms with Gasteiger partial charge < -0.3 is 4.90 Å². The third kappa shape index (κ3) is 4.01. The number of hydrogen-bond acceptors (Lipinski definition) is 4. The molecule has 3 heterocycles. The molecule has 0 bridgehead atoms. The van der Waals surface area contributed by atoms with E-state index < -0.39 is 0 Å². The first kappa shape index (κ1) is 17.1. The Morgan fingerprint density at radius 3 is 2.71 bits per heavy atom. The standard InChI is InChI=1S/C19H29N5/c1-4-9-24-19(5-8-22-24)18-13-17(20-14-21-18)12-16-6-10-23(11-7-16)15(2)3/h5,8,13-16H,4,6-7,9-12H2,1-3H3. The topological polar surface area (TPSA) is 46.8 Å². The zero-order valence-electron chi connectivity index (χ0n) is 15.1. The number of aryl methyl sites for hydroxylation is 1. The lowest BCUT2D eigenvalue weighted by Gasteiger charge is -2.34. The molecule has 2 aromatic heterocycles. The number of nitrogens with zero attached hydrogens (tertiary/aromatic N) is 5. The van der Waals surface area contributed by atoms with Crippen molar-refractivity contribution in [2.75, 3.05) is 13.1 Å². The fraction of sp³-hybridized carbons (Fsp3) is 0.632. The van der Waals surface area contributed by atoms with Crippen LogP contribution in [-0.4, -0.2) is 43.8 Å². The van der Waals surface area contributed by atoms with Crippen LogP contribution in [0.5, 0.6) is 0 Å². The summed E-state index contributed by atoms with van der Waals surface area (Å²) in [6.07, 6.45) is 8.23. The Kier molecular flexibility index (Phi) is 5.61. The van der Waals surface area contributed by atoms with Crippen LogP contribution < -0.4 is 0 Å². The zero-order valence-corrected chi connectivity index (χ0v) is 15.1. The summed E-state index contributed by atoms with van der Waals surface area (Å²) in [5.74, 6) is 0.739. The minimum atomic E-state index is 0.662. The molecule has 0 radical (unpaired) electrons. The third-order valence-corrected chi connectivity index (χ3v) is 5.02. The van der Waals surface area contributed by atoms with Crippen LogP contribution in [0.2, 0.25) is 0 Å². The molecule has 3 rings (SSSR count). The SMILES string of the molecule is CCCn1nccc1-c1cc(CC2CCN(C(C)C)CC2)ncn1. The Morgan fingerprint density at radius 2 is 2.00 bits per heavy atom. The van der Waals surface area contributed by atoms with Crippen LogP contribution in [0.3, 0.4) is 0 Å². The van der Waals surface area contributed by atoms with Crippen molar-refractivity contribution in [3.05, 3.63) is 30.4 Å². The van der Waals surface area contributed by atoms with Crippen molar-refractivity contribution in [3.8, 4) is 11.4 Å². The number of piperidine rings is 1. The van der Waals surface area contributed by atoms with E-state index in [0.717, 1.165) is 42.4 Å². The molecule has 0 atom stereocenters. The summed E-state index contributed by atoms with van der Waals surface area (Å²) in [5, 5.41) is 4.40. The van der Waals surface area contributed by atoms with Gasteiger partial charge in [-0.1, -0.05) is 6.92 Å². The minimum absolute atomic E-state index is 0.662. The highest BCUT2D eigenvalue weighted by molar-refractivity contribution is 5.54. The summed E-state index contributed by atoms with van der Waals surface area (Å²) in [6.45, 7) is 10.1. The number of rotatable bonds is 6. The minimum Gasteiger partial charge on any atom is -0.301 e. The van der Waals surface area contributed by atoms with Gasteiger partial charge in [-0.25, -0.2) is 9.97 Å². The molecule has 0 aromatic carbocycles. The largest absolute Gasteiger partial charge is 0.301 e. The maximum Gasteiger partial charge on any atom is 0.116 e. The first-order valence-corrected chi connectivity index (χ1v) is 9.24. The summed E-state index contributed by atoms with van der Waals surface area (Å²) >= 11 is 0. The van der Waals surface area contributed by atoms with Crippen LogP contribution in [-0.2, 0) is 13.0 Å². The van der Waals surface area contributed by atoms with Crippen molar-refractivity contribution in [2.45, 2.75) is 59.0 Å². The average Bonchev–Trinajstić information content (AvgIpc) is 3.04. The zero-order chi connectivity index (χ0) is 16.9. The summed E-state index contributed by atoms with van der Waals surface area (Å²) in [6, 6.07) is 4.86. The predicted molar refractivity (Wildman–Crippen MR) is 96.7 cm³/mol. The average molecular weight is 327 g/mol. The van der Waals surface area contributed by atoms with E-state index in [4.69, 9.17) is 0 Å². The van der Waals surface area contributed by atoms with Gasteiger partial charge in [0.1, 0.15) is 6.33 Å². The van der Waals surface area contributed by atoms with E-state index in [0.29, 0.717) is 6.04 Å². The molecule has 0 aliphatic carbocycles. The van der Waals surface area contributed by atoms with Gasteiger partial charge in [-0.3, -0.25) is 4.68 Å². The molecule has 0 unspecified atom stereocenters. The van der Waals surface area contributed by atoms with Crippen LogP contribution in [0.1, 0.15) is 45.7 Å². The molecule has 5 heteroatoms. The van der Waals surface area contributed by atoms with Crippen molar-refractivity contribution in [3.63, 3.8) is 0 Å². The van der Waals surface area contributed by atoms with E-state index in [2.05, 4.69) is 46.8 Å². The van der Waals surface area contributed by atoms with Gasteiger partial charge in [0.05, 0.1) is 11.4 Å². The highest BCUT2D eigenvalue weighted by Crippen LogP contribution is 2.24. The quantitative estimate of drug-likeness (QED) is 0.816. The lowest BCUT2D eigenvalue weighted by Crippen LogP contribution is -2.38. The van der Waals surface area contributed by atoms with E-state index in [9.17, 15) is 0 Å². The second kappa shape index (κ2) is 7.88. The third-order valence-electron chi connectivity index (χ3n) is 5.02. The second-order valence-corrected chi connectivity index (χ2v) is 7.11. The number of likely N-dealkylation sites (tertiary alicyclic amines) is 1. The van der Waals surface area contributed by atoms with Gasteiger partial charge in [-0.05, 0) is 70.7 Å². The van der Waals surface area contributed by atoms with Crippen molar-refractivity contribution < 1.29 is 0 Å². The van der Waals surface area contributed by atoms with Gasteiger partial charge in [0.15, 0.2) is 0 Å². The molecule has 0 saturated carbocycles. The van der Waals surface area contributed by atoms with Crippen molar-refractivity contribution in [2.24, 2.45) is 5.92 Å². The monoisotopic (exact) mass is 327 g/mol. The fourth-order valence-electron chi connectivity index (χ4n) is 3.56. The Labute approximate surface area is 145 Å². The van der Waals surface area contributed by atoms with Gasteiger partial charge in [0.2, 0.25) is 0 Å². The molecule has 5 nitrogen and oxygen atoms in total. The molecule has 0 N–H and O–H groups in total. The predicted octanol–water partition coefficient (Wildman–Crippen LogP) is 3.41. The first-order chi connectivity index (χ1) is 11.7. The molecule has 130 valence electrons.